The van der Waals surface area contributed by atoms with Crippen LogP contribution in [-0.2, 0) is 4.74 Å². The smallest absolute Gasteiger partial charge is 0.0534 e. The normalized spacial score (nSPS) is 18.8. The molecule has 0 aliphatic heterocycles. The summed E-state index contributed by atoms with van der Waals surface area (Å²) in [6, 6.07) is 0. The number of nitrogens with one attached hydrogen (secondary N) is 1. The van der Waals surface area contributed by atoms with Crippen molar-refractivity contribution in [3.05, 3.63) is 0 Å². The van der Waals surface area contributed by atoms with Crippen LogP contribution in [0, 0.1) is 5.41 Å². The van der Waals surface area contributed by atoms with Gasteiger partial charge in [0, 0.05) is 18.6 Å². The third-order valence-electron chi connectivity index (χ3n) is 3.27. The second kappa shape index (κ2) is 8.37. The number of unbranched alkanes of at least 4 members (excludes halogenated alkanes) is 1. The number of hydrogen-bond acceptors (Lipinski definition) is 2. The Kier molecular flexibility index (Phi) is 8.49. The highest BCUT2D eigenvalue weighted by Crippen LogP contribution is 2.37. The van der Waals surface area contributed by atoms with Gasteiger partial charge in [-0.3, -0.25) is 0 Å². The molecular weight excluding hydrogens is 210 g/mol. The first-order chi connectivity index (χ1) is 6.83. The largest absolute Gasteiger partial charge is 0.381 e. The first-order valence-corrected chi connectivity index (χ1v) is 6.05. The molecule has 0 bridgehead atoms. The van der Waals surface area contributed by atoms with Gasteiger partial charge in [-0.1, -0.05) is 26.2 Å². The van der Waals surface area contributed by atoms with E-state index >= 15 is 0 Å². The van der Waals surface area contributed by atoms with E-state index < -0.39 is 0 Å². The van der Waals surface area contributed by atoms with Crippen molar-refractivity contribution in [2.75, 3.05) is 26.8 Å². The van der Waals surface area contributed by atoms with Crippen molar-refractivity contribution in [1.82, 2.24) is 5.32 Å². The van der Waals surface area contributed by atoms with Crippen LogP contribution in [0.5, 0.6) is 0 Å². The molecule has 1 aliphatic rings. The Morgan fingerprint density at radius 3 is 2.47 bits per heavy atom. The first-order valence-electron chi connectivity index (χ1n) is 6.05. The molecule has 1 N–H and O–H groups in total. The Balaban J connectivity index is 0.00000196. The Morgan fingerprint density at radius 1 is 1.27 bits per heavy atom. The van der Waals surface area contributed by atoms with Crippen molar-refractivity contribution in [1.29, 1.82) is 0 Å². The van der Waals surface area contributed by atoms with Gasteiger partial charge in [-0.25, -0.2) is 0 Å². The van der Waals surface area contributed by atoms with Crippen LogP contribution < -0.4 is 5.32 Å². The molecule has 0 atom stereocenters. The molecule has 1 rings (SSSR count). The van der Waals surface area contributed by atoms with Crippen molar-refractivity contribution in [3.8, 4) is 0 Å². The van der Waals surface area contributed by atoms with Gasteiger partial charge >= 0.3 is 0 Å². The third kappa shape index (κ3) is 5.19. The summed E-state index contributed by atoms with van der Waals surface area (Å²) in [6.45, 7) is 5.25. The fourth-order valence-electron chi connectivity index (χ4n) is 2.41. The maximum absolute atomic E-state index is 5.77. The molecule has 1 fully saturated rings. The minimum Gasteiger partial charge on any atom is -0.381 e. The minimum atomic E-state index is 0. The van der Waals surface area contributed by atoms with Crippen LogP contribution in [-0.4, -0.2) is 26.8 Å². The predicted octanol–water partition coefficient (Wildman–Crippen LogP) is 3.00. The van der Waals surface area contributed by atoms with Crippen LogP contribution in [0.25, 0.3) is 0 Å². The van der Waals surface area contributed by atoms with Crippen LogP contribution in [0.3, 0.4) is 0 Å². The van der Waals surface area contributed by atoms with E-state index in [9.17, 15) is 0 Å². The summed E-state index contributed by atoms with van der Waals surface area (Å²) in [4.78, 5) is 0. The molecule has 0 aromatic rings. The molecule has 15 heavy (non-hydrogen) atoms. The molecule has 0 aromatic carbocycles. The lowest BCUT2D eigenvalue weighted by Gasteiger charge is -2.28. The topological polar surface area (TPSA) is 21.3 Å². The van der Waals surface area contributed by atoms with E-state index in [2.05, 4.69) is 12.2 Å². The van der Waals surface area contributed by atoms with Crippen molar-refractivity contribution < 1.29 is 4.74 Å². The standard InChI is InChI=1S/C12H25NO.ClH/c1-3-4-9-14-11-12(10-13-2)7-5-6-8-12;/h13H,3-11H2,1-2H3;1H. The summed E-state index contributed by atoms with van der Waals surface area (Å²) in [5, 5.41) is 3.31. The summed E-state index contributed by atoms with van der Waals surface area (Å²) < 4.78 is 5.77. The second-order valence-electron chi connectivity index (χ2n) is 4.64. The van der Waals surface area contributed by atoms with Gasteiger partial charge in [0.2, 0.25) is 0 Å². The molecular formula is C12H26ClNO. The number of ether oxygens (including phenoxy) is 1. The third-order valence-corrected chi connectivity index (χ3v) is 3.27. The zero-order chi connectivity index (χ0) is 10.3. The molecule has 2 nitrogen and oxygen atoms in total. The van der Waals surface area contributed by atoms with E-state index in [1.54, 1.807) is 0 Å². The summed E-state index contributed by atoms with van der Waals surface area (Å²) in [5.41, 5.74) is 0.461. The van der Waals surface area contributed by atoms with Crippen molar-refractivity contribution in [3.63, 3.8) is 0 Å². The fourth-order valence-corrected chi connectivity index (χ4v) is 2.41. The number of rotatable bonds is 7. The van der Waals surface area contributed by atoms with Gasteiger partial charge in [0.05, 0.1) is 6.61 Å². The Bertz CT molecular complexity index is 147. The molecule has 0 unspecified atom stereocenters. The monoisotopic (exact) mass is 235 g/mol. The minimum absolute atomic E-state index is 0. The summed E-state index contributed by atoms with van der Waals surface area (Å²) >= 11 is 0. The second-order valence-corrected chi connectivity index (χ2v) is 4.64. The highest BCUT2D eigenvalue weighted by Gasteiger charge is 2.33. The van der Waals surface area contributed by atoms with E-state index in [0.29, 0.717) is 5.41 Å². The van der Waals surface area contributed by atoms with E-state index in [4.69, 9.17) is 4.74 Å². The molecule has 92 valence electrons. The maximum Gasteiger partial charge on any atom is 0.0534 e. The van der Waals surface area contributed by atoms with Crippen molar-refractivity contribution in [2.45, 2.75) is 45.4 Å². The van der Waals surface area contributed by atoms with Gasteiger partial charge < -0.3 is 10.1 Å². The molecule has 1 aliphatic carbocycles. The van der Waals surface area contributed by atoms with E-state index in [0.717, 1.165) is 19.8 Å². The molecule has 0 heterocycles. The molecule has 3 heteroatoms. The van der Waals surface area contributed by atoms with Crippen LogP contribution in [0.2, 0.25) is 0 Å². The molecule has 0 saturated heterocycles. The summed E-state index contributed by atoms with van der Waals surface area (Å²) in [6.07, 6.45) is 7.91. The van der Waals surface area contributed by atoms with Gasteiger partial charge in [-0.15, -0.1) is 12.4 Å². The van der Waals surface area contributed by atoms with Gasteiger partial charge in [0.25, 0.3) is 0 Å². The van der Waals surface area contributed by atoms with Crippen LogP contribution in [0.1, 0.15) is 45.4 Å². The molecule has 0 aromatic heterocycles. The fraction of sp³-hybridized carbons (Fsp3) is 1.00. The zero-order valence-corrected chi connectivity index (χ0v) is 11.0. The van der Waals surface area contributed by atoms with Crippen molar-refractivity contribution >= 4 is 12.4 Å². The van der Waals surface area contributed by atoms with Crippen LogP contribution in [0.15, 0.2) is 0 Å². The van der Waals surface area contributed by atoms with E-state index in [1.807, 2.05) is 7.05 Å². The average molecular weight is 236 g/mol. The Labute approximate surface area is 101 Å². The first kappa shape index (κ1) is 15.2. The molecule has 0 amide bonds. The number of halogens is 1. The molecule has 0 radical (unpaired) electrons. The Hall–Kier alpha value is 0.210. The highest BCUT2D eigenvalue weighted by atomic mass is 35.5. The molecule has 0 spiro atoms. The van der Waals surface area contributed by atoms with Crippen molar-refractivity contribution in [2.24, 2.45) is 5.41 Å². The summed E-state index contributed by atoms with van der Waals surface area (Å²) in [5.74, 6) is 0. The lowest BCUT2D eigenvalue weighted by atomic mass is 9.87. The summed E-state index contributed by atoms with van der Waals surface area (Å²) in [7, 11) is 2.05. The lowest BCUT2D eigenvalue weighted by molar-refractivity contribution is 0.0457. The SMILES string of the molecule is CCCCOCC1(CNC)CCCC1.Cl. The number of hydrogen-bond donors (Lipinski definition) is 1. The Morgan fingerprint density at radius 2 is 1.93 bits per heavy atom. The highest BCUT2D eigenvalue weighted by molar-refractivity contribution is 5.85. The van der Waals surface area contributed by atoms with Crippen LogP contribution >= 0.6 is 12.4 Å². The average Bonchev–Trinajstić information content (AvgIpc) is 2.63. The van der Waals surface area contributed by atoms with Crippen LogP contribution in [0.4, 0.5) is 0 Å². The quantitative estimate of drug-likeness (QED) is 0.685. The van der Waals surface area contributed by atoms with E-state index in [-0.39, 0.29) is 12.4 Å². The predicted molar refractivity (Wildman–Crippen MR) is 67.8 cm³/mol. The lowest BCUT2D eigenvalue weighted by Crippen LogP contribution is -2.34. The van der Waals surface area contributed by atoms with Gasteiger partial charge in [0.1, 0.15) is 0 Å². The van der Waals surface area contributed by atoms with Gasteiger partial charge in [-0.2, -0.15) is 0 Å². The maximum atomic E-state index is 5.77. The zero-order valence-electron chi connectivity index (χ0n) is 10.2. The molecule has 1 saturated carbocycles. The van der Waals surface area contributed by atoms with E-state index in [1.165, 1.54) is 38.5 Å². The van der Waals surface area contributed by atoms with Gasteiger partial charge in [0.15, 0.2) is 0 Å². The van der Waals surface area contributed by atoms with Gasteiger partial charge in [-0.05, 0) is 26.3 Å².